The largest absolute Gasteiger partial charge is 0.496 e. The highest BCUT2D eigenvalue weighted by Gasteiger charge is 2.53. The Bertz CT molecular complexity index is 485. The molecule has 1 saturated carbocycles. The van der Waals surface area contributed by atoms with E-state index in [2.05, 4.69) is 0 Å². The predicted octanol–water partition coefficient (Wildman–Crippen LogP) is 2.74. The fourth-order valence-corrected chi connectivity index (χ4v) is 2.69. The highest BCUT2D eigenvalue weighted by atomic mass is 16.5. The Kier molecular flexibility index (Phi) is 2.64. The van der Waals surface area contributed by atoms with Crippen molar-refractivity contribution >= 4 is 5.97 Å². The molecule has 92 valence electrons. The van der Waals surface area contributed by atoms with Crippen LogP contribution in [0.2, 0.25) is 0 Å². The highest BCUT2D eigenvalue weighted by Crippen LogP contribution is 2.51. The summed E-state index contributed by atoms with van der Waals surface area (Å²) in [7, 11) is 1.64. The molecule has 0 aliphatic heterocycles. The Morgan fingerprint density at radius 1 is 1.29 bits per heavy atom. The minimum absolute atomic E-state index is 0.634. The zero-order valence-electron chi connectivity index (χ0n) is 10.8. The Hall–Kier alpha value is -1.51. The number of ether oxygens (including phenoxy) is 1. The van der Waals surface area contributed by atoms with Crippen molar-refractivity contribution in [2.24, 2.45) is 0 Å². The summed E-state index contributed by atoms with van der Waals surface area (Å²) in [5, 5.41) is 9.39. The summed E-state index contributed by atoms with van der Waals surface area (Å²) < 4.78 is 5.31. The lowest BCUT2D eigenvalue weighted by atomic mass is 9.85. The van der Waals surface area contributed by atoms with Gasteiger partial charge in [-0.05, 0) is 61.9 Å². The van der Waals surface area contributed by atoms with Gasteiger partial charge in [0, 0.05) is 0 Å². The highest BCUT2D eigenvalue weighted by molar-refractivity contribution is 5.86. The van der Waals surface area contributed by atoms with E-state index >= 15 is 0 Å². The lowest BCUT2D eigenvalue weighted by Crippen LogP contribution is -2.22. The zero-order valence-corrected chi connectivity index (χ0v) is 10.8. The van der Waals surface area contributed by atoms with Gasteiger partial charge >= 0.3 is 5.97 Å². The number of aryl methyl sites for hydroxylation is 1. The molecule has 0 radical (unpaired) electrons. The average molecular weight is 234 g/mol. The van der Waals surface area contributed by atoms with Crippen LogP contribution >= 0.6 is 0 Å². The summed E-state index contributed by atoms with van der Waals surface area (Å²) in [5.41, 5.74) is 3.47. The maximum atomic E-state index is 11.4. The van der Waals surface area contributed by atoms with E-state index in [0.29, 0.717) is 0 Å². The van der Waals surface area contributed by atoms with Gasteiger partial charge in [0.05, 0.1) is 12.5 Å². The lowest BCUT2D eigenvalue weighted by molar-refractivity contribution is -0.140. The van der Waals surface area contributed by atoms with Gasteiger partial charge in [0.25, 0.3) is 0 Å². The van der Waals surface area contributed by atoms with Crippen molar-refractivity contribution in [1.29, 1.82) is 0 Å². The number of aliphatic carboxylic acids is 1. The molecule has 0 heterocycles. The monoisotopic (exact) mass is 234 g/mol. The van der Waals surface area contributed by atoms with E-state index in [4.69, 9.17) is 4.74 Å². The van der Waals surface area contributed by atoms with E-state index in [1.807, 2.05) is 26.8 Å². The molecule has 17 heavy (non-hydrogen) atoms. The summed E-state index contributed by atoms with van der Waals surface area (Å²) in [6.07, 6.45) is 1.49. The molecule has 1 aromatic carbocycles. The first-order chi connectivity index (χ1) is 7.94. The molecule has 1 N–H and O–H groups in total. The molecular formula is C14H18O3. The Labute approximate surface area is 101 Å². The number of methoxy groups -OCH3 is 1. The van der Waals surface area contributed by atoms with Crippen LogP contribution in [0.15, 0.2) is 6.07 Å². The topological polar surface area (TPSA) is 46.5 Å². The second-order valence-electron chi connectivity index (χ2n) is 4.91. The minimum Gasteiger partial charge on any atom is -0.496 e. The number of carbonyl (C=O) groups is 1. The molecule has 0 spiro atoms. The van der Waals surface area contributed by atoms with E-state index in [1.54, 1.807) is 7.11 Å². The molecule has 2 rings (SSSR count). The summed E-state index contributed by atoms with van der Waals surface area (Å²) >= 11 is 0. The molecule has 0 bridgehead atoms. The first-order valence-electron chi connectivity index (χ1n) is 5.82. The Morgan fingerprint density at radius 2 is 1.88 bits per heavy atom. The van der Waals surface area contributed by atoms with Crippen LogP contribution in [-0.2, 0) is 10.2 Å². The predicted molar refractivity (Wildman–Crippen MR) is 65.8 cm³/mol. The first-order valence-corrected chi connectivity index (χ1v) is 5.82. The van der Waals surface area contributed by atoms with E-state index < -0.39 is 11.4 Å². The standard InChI is InChI=1S/C14H18O3/c1-8-7-11(17-4)9(2)10(3)12(8)14(5-6-14)13(15)16/h7H,5-6H2,1-4H3,(H,15,16). The van der Waals surface area contributed by atoms with Gasteiger partial charge in [-0.3, -0.25) is 4.79 Å². The van der Waals surface area contributed by atoms with Gasteiger partial charge in [-0.25, -0.2) is 0 Å². The molecule has 1 aliphatic rings. The third kappa shape index (κ3) is 1.61. The third-order valence-electron chi connectivity index (χ3n) is 3.91. The molecule has 3 nitrogen and oxygen atoms in total. The van der Waals surface area contributed by atoms with Gasteiger partial charge in [0.2, 0.25) is 0 Å². The summed E-state index contributed by atoms with van der Waals surface area (Å²) in [4.78, 5) is 11.4. The molecule has 0 atom stereocenters. The Balaban J connectivity index is 2.64. The molecule has 1 aliphatic carbocycles. The molecular weight excluding hydrogens is 216 g/mol. The minimum atomic E-state index is -0.701. The maximum absolute atomic E-state index is 11.4. The number of hydrogen-bond donors (Lipinski definition) is 1. The smallest absolute Gasteiger partial charge is 0.314 e. The molecule has 0 amide bonds. The van der Waals surface area contributed by atoms with Crippen molar-refractivity contribution < 1.29 is 14.6 Å². The van der Waals surface area contributed by atoms with Crippen LogP contribution in [0.4, 0.5) is 0 Å². The van der Waals surface area contributed by atoms with Gasteiger partial charge < -0.3 is 9.84 Å². The molecule has 0 saturated heterocycles. The molecule has 1 fully saturated rings. The third-order valence-corrected chi connectivity index (χ3v) is 3.91. The number of benzene rings is 1. The fraction of sp³-hybridized carbons (Fsp3) is 0.500. The van der Waals surface area contributed by atoms with E-state index in [0.717, 1.165) is 40.8 Å². The van der Waals surface area contributed by atoms with E-state index in [1.165, 1.54) is 0 Å². The van der Waals surface area contributed by atoms with Gasteiger partial charge in [-0.15, -0.1) is 0 Å². The van der Waals surface area contributed by atoms with Crippen molar-refractivity contribution in [3.8, 4) is 5.75 Å². The van der Waals surface area contributed by atoms with Crippen molar-refractivity contribution in [3.63, 3.8) is 0 Å². The SMILES string of the molecule is COc1cc(C)c(C2(C(=O)O)CC2)c(C)c1C. The lowest BCUT2D eigenvalue weighted by Gasteiger charge is -2.20. The van der Waals surface area contributed by atoms with Crippen molar-refractivity contribution in [3.05, 3.63) is 28.3 Å². The fourth-order valence-electron chi connectivity index (χ4n) is 2.69. The molecule has 1 aromatic rings. The van der Waals surface area contributed by atoms with Crippen LogP contribution < -0.4 is 4.74 Å². The zero-order chi connectivity index (χ0) is 12.8. The van der Waals surface area contributed by atoms with E-state index in [-0.39, 0.29) is 0 Å². The second-order valence-corrected chi connectivity index (χ2v) is 4.91. The first kappa shape index (κ1) is 12.0. The number of rotatable bonds is 3. The summed E-state index contributed by atoms with van der Waals surface area (Å²) in [6.45, 7) is 5.94. The van der Waals surface area contributed by atoms with Gasteiger partial charge in [-0.1, -0.05) is 0 Å². The average Bonchev–Trinajstić information content (AvgIpc) is 3.05. The number of hydrogen-bond acceptors (Lipinski definition) is 2. The van der Waals surface area contributed by atoms with Crippen molar-refractivity contribution in [2.45, 2.75) is 39.0 Å². The van der Waals surface area contributed by atoms with Gasteiger partial charge in [0.15, 0.2) is 0 Å². The second kappa shape index (κ2) is 3.76. The quantitative estimate of drug-likeness (QED) is 0.874. The van der Waals surface area contributed by atoms with Crippen molar-refractivity contribution in [1.82, 2.24) is 0 Å². The van der Waals surface area contributed by atoms with Crippen LogP contribution in [0.5, 0.6) is 5.75 Å². The number of carboxylic acid groups (broad SMARTS) is 1. The Morgan fingerprint density at radius 3 is 2.29 bits per heavy atom. The van der Waals surface area contributed by atoms with Crippen LogP contribution in [-0.4, -0.2) is 18.2 Å². The summed E-state index contributed by atoms with van der Waals surface area (Å²) in [6, 6.07) is 1.95. The summed E-state index contributed by atoms with van der Waals surface area (Å²) in [5.74, 6) is 0.137. The van der Waals surface area contributed by atoms with E-state index in [9.17, 15) is 9.90 Å². The maximum Gasteiger partial charge on any atom is 0.314 e. The van der Waals surface area contributed by atoms with Gasteiger partial charge in [0.1, 0.15) is 5.75 Å². The van der Waals surface area contributed by atoms with Gasteiger partial charge in [-0.2, -0.15) is 0 Å². The van der Waals surface area contributed by atoms with Crippen LogP contribution in [0.25, 0.3) is 0 Å². The normalized spacial score (nSPS) is 16.7. The molecule has 0 aromatic heterocycles. The number of carboxylic acids is 1. The van der Waals surface area contributed by atoms with Crippen LogP contribution in [0.1, 0.15) is 35.1 Å². The molecule has 3 heteroatoms. The van der Waals surface area contributed by atoms with Crippen LogP contribution in [0, 0.1) is 20.8 Å². The van der Waals surface area contributed by atoms with Crippen LogP contribution in [0.3, 0.4) is 0 Å². The van der Waals surface area contributed by atoms with Crippen molar-refractivity contribution in [2.75, 3.05) is 7.11 Å². The molecule has 0 unspecified atom stereocenters.